The average Bonchev–Trinajstić information content (AvgIpc) is 2.46. The second-order valence-electron chi connectivity index (χ2n) is 5.53. The SMILES string of the molecule is CC(C)C(=O)c1ccc(OCC2CCOCC2)c(F)c1. The predicted molar refractivity (Wildman–Crippen MR) is 74.6 cm³/mol. The number of Topliss-reactive ketones (excluding diaryl/α,β-unsaturated/α-hetero) is 1. The molecule has 0 bridgehead atoms. The highest BCUT2D eigenvalue weighted by Crippen LogP contribution is 2.22. The lowest BCUT2D eigenvalue weighted by Gasteiger charge is -2.22. The minimum atomic E-state index is -0.469. The van der Waals surface area contributed by atoms with Crippen LogP contribution in [0.5, 0.6) is 5.75 Å². The van der Waals surface area contributed by atoms with Gasteiger partial charge in [-0.25, -0.2) is 4.39 Å². The number of rotatable bonds is 5. The van der Waals surface area contributed by atoms with Crippen molar-refractivity contribution in [3.05, 3.63) is 29.6 Å². The molecule has 1 aromatic rings. The van der Waals surface area contributed by atoms with Crippen LogP contribution in [0, 0.1) is 17.7 Å². The molecule has 110 valence electrons. The van der Waals surface area contributed by atoms with E-state index >= 15 is 0 Å². The van der Waals surface area contributed by atoms with E-state index in [0.29, 0.717) is 18.1 Å². The molecule has 0 radical (unpaired) electrons. The van der Waals surface area contributed by atoms with Crippen molar-refractivity contribution >= 4 is 5.78 Å². The zero-order chi connectivity index (χ0) is 14.5. The Bertz CT molecular complexity index is 465. The molecule has 20 heavy (non-hydrogen) atoms. The number of hydrogen-bond donors (Lipinski definition) is 0. The van der Waals surface area contributed by atoms with Crippen molar-refractivity contribution in [2.75, 3.05) is 19.8 Å². The fourth-order valence-electron chi connectivity index (χ4n) is 2.23. The van der Waals surface area contributed by atoms with Gasteiger partial charge in [-0.05, 0) is 37.0 Å². The zero-order valence-corrected chi connectivity index (χ0v) is 12.0. The number of hydrogen-bond acceptors (Lipinski definition) is 3. The fraction of sp³-hybridized carbons (Fsp3) is 0.562. The number of carbonyl (C=O) groups is 1. The number of halogens is 1. The standard InChI is InChI=1S/C16H21FO3/c1-11(2)16(18)13-3-4-15(14(17)9-13)20-10-12-5-7-19-8-6-12/h3-4,9,11-12H,5-8,10H2,1-2H3. The summed E-state index contributed by atoms with van der Waals surface area (Å²) in [5.41, 5.74) is 0.399. The molecule has 1 aliphatic heterocycles. The summed E-state index contributed by atoms with van der Waals surface area (Å²) in [6, 6.07) is 4.44. The van der Waals surface area contributed by atoms with Gasteiger partial charge in [-0.1, -0.05) is 13.8 Å². The smallest absolute Gasteiger partial charge is 0.165 e. The van der Waals surface area contributed by atoms with Gasteiger partial charge in [0.1, 0.15) is 0 Å². The zero-order valence-electron chi connectivity index (χ0n) is 12.0. The van der Waals surface area contributed by atoms with Crippen molar-refractivity contribution in [2.45, 2.75) is 26.7 Å². The molecule has 1 aliphatic rings. The molecular formula is C16H21FO3. The van der Waals surface area contributed by atoms with Gasteiger partial charge in [-0.2, -0.15) is 0 Å². The molecule has 3 nitrogen and oxygen atoms in total. The molecule has 1 fully saturated rings. The van der Waals surface area contributed by atoms with Gasteiger partial charge in [-0.3, -0.25) is 4.79 Å². The number of benzene rings is 1. The first-order valence-corrected chi connectivity index (χ1v) is 7.12. The molecule has 1 heterocycles. The maximum absolute atomic E-state index is 13.9. The minimum Gasteiger partial charge on any atom is -0.490 e. The molecule has 4 heteroatoms. The summed E-state index contributed by atoms with van der Waals surface area (Å²) >= 11 is 0. The van der Waals surface area contributed by atoms with Gasteiger partial charge in [0, 0.05) is 24.7 Å². The second-order valence-corrected chi connectivity index (χ2v) is 5.53. The first-order valence-electron chi connectivity index (χ1n) is 7.12. The van der Waals surface area contributed by atoms with Crippen LogP contribution in [0.15, 0.2) is 18.2 Å². The summed E-state index contributed by atoms with van der Waals surface area (Å²) < 4.78 is 24.7. The molecule has 1 saturated heterocycles. The van der Waals surface area contributed by atoms with Crippen LogP contribution in [-0.2, 0) is 4.74 Å². The van der Waals surface area contributed by atoms with Crippen LogP contribution in [0.1, 0.15) is 37.0 Å². The molecule has 0 aliphatic carbocycles. The summed E-state index contributed by atoms with van der Waals surface area (Å²) in [5, 5.41) is 0. The Morgan fingerprint density at radius 1 is 1.40 bits per heavy atom. The average molecular weight is 280 g/mol. The molecule has 0 aromatic heterocycles. The van der Waals surface area contributed by atoms with E-state index < -0.39 is 5.82 Å². The van der Waals surface area contributed by atoms with E-state index in [0.717, 1.165) is 26.1 Å². The van der Waals surface area contributed by atoms with E-state index in [2.05, 4.69) is 0 Å². The van der Waals surface area contributed by atoms with Crippen LogP contribution < -0.4 is 4.74 Å². The molecule has 0 amide bonds. The Morgan fingerprint density at radius 3 is 2.70 bits per heavy atom. The summed E-state index contributed by atoms with van der Waals surface area (Å²) in [7, 11) is 0. The molecule has 1 aromatic carbocycles. The quantitative estimate of drug-likeness (QED) is 0.775. The lowest BCUT2D eigenvalue weighted by molar-refractivity contribution is 0.0491. The Kier molecular flexibility index (Phi) is 5.12. The van der Waals surface area contributed by atoms with Crippen molar-refractivity contribution in [1.82, 2.24) is 0 Å². The largest absolute Gasteiger partial charge is 0.490 e. The van der Waals surface area contributed by atoms with E-state index in [1.807, 2.05) is 0 Å². The van der Waals surface area contributed by atoms with Crippen LogP contribution >= 0.6 is 0 Å². The third-order valence-electron chi connectivity index (χ3n) is 3.56. The number of ether oxygens (including phenoxy) is 2. The Hall–Kier alpha value is -1.42. The molecule has 0 N–H and O–H groups in total. The van der Waals surface area contributed by atoms with Gasteiger partial charge in [-0.15, -0.1) is 0 Å². The normalized spacial score (nSPS) is 16.4. The number of carbonyl (C=O) groups excluding carboxylic acids is 1. The van der Waals surface area contributed by atoms with Crippen molar-refractivity contribution in [2.24, 2.45) is 11.8 Å². The first-order chi connectivity index (χ1) is 9.58. The van der Waals surface area contributed by atoms with E-state index in [9.17, 15) is 9.18 Å². The maximum Gasteiger partial charge on any atom is 0.165 e. The van der Waals surface area contributed by atoms with Crippen molar-refractivity contribution < 1.29 is 18.7 Å². The summed E-state index contributed by atoms with van der Waals surface area (Å²) in [6.07, 6.45) is 1.90. The molecule has 0 unspecified atom stereocenters. The second kappa shape index (κ2) is 6.84. The van der Waals surface area contributed by atoms with Crippen molar-refractivity contribution in [3.63, 3.8) is 0 Å². The van der Waals surface area contributed by atoms with Gasteiger partial charge in [0.15, 0.2) is 17.3 Å². The van der Waals surface area contributed by atoms with Crippen LogP contribution in [0.25, 0.3) is 0 Å². The van der Waals surface area contributed by atoms with Gasteiger partial charge < -0.3 is 9.47 Å². The lowest BCUT2D eigenvalue weighted by atomic mass is 10.0. The summed E-state index contributed by atoms with van der Waals surface area (Å²) in [5.74, 6) is -0.0243. The Balaban J connectivity index is 1.97. The van der Waals surface area contributed by atoms with E-state index in [4.69, 9.17) is 9.47 Å². The van der Waals surface area contributed by atoms with E-state index in [-0.39, 0.29) is 17.5 Å². The van der Waals surface area contributed by atoms with Gasteiger partial charge in [0.2, 0.25) is 0 Å². The van der Waals surface area contributed by atoms with Crippen LogP contribution in [0.4, 0.5) is 4.39 Å². The monoisotopic (exact) mass is 280 g/mol. The molecule has 0 spiro atoms. The first kappa shape index (κ1) is 15.0. The minimum absolute atomic E-state index is 0.0557. The van der Waals surface area contributed by atoms with Crippen LogP contribution in [0.3, 0.4) is 0 Å². The van der Waals surface area contributed by atoms with Crippen LogP contribution in [0.2, 0.25) is 0 Å². The molecule has 2 rings (SSSR count). The van der Waals surface area contributed by atoms with Crippen LogP contribution in [-0.4, -0.2) is 25.6 Å². The molecule has 0 atom stereocenters. The van der Waals surface area contributed by atoms with Crippen molar-refractivity contribution in [3.8, 4) is 5.75 Å². The predicted octanol–water partition coefficient (Wildman–Crippen LogP) is 3.47. The highest BCUT2D eigenvalue weighted by Gasteiger charge is 2.17. The van der Waals surface area contributed by atoms with Gasteiger partial charge in [0.05, 0.1) is 6.61 Å². The van der Waals surface area contributed by atoms with E-state index in [1.54, 1.807) is 26.0 Å². The van der Waals surface area contributed by atoms with Gasteiger partial charge in [0.25, 0.3) is 0 Å². The van der Waals surface area contributed by atoms with E-state index in [1.165, 1.54) is 6.07 Å². The number of ketones is 1. The van der Waals surface area contributed by atoms with Gasteiger partial charge >= 0.3 is 0 Å². The third-order valence-corrected chi connectivity index (χ3v) is 3.56. The lowest BCUT2D eigenvalue weighted by Crippen LogP contribution is -2.21. The highest BCUT2D eigenvalue weighted by atomic mass is 19.1. The maximum atomic E-state index is 13.9. The molecule has 0 saturated carbocycles. The topological polar surface area (TPSA) is 35.5 Å². The Labute approximate surface area is 119 Å². The highest BCUT2D eigenvalue weighted by molar-refractivity contribution is 5.97. The molecular weight excluding hydrogens is 259 g/mol. The fourth-order valence-corrected chi connectivity index (χ4v) is 2.23. The summed E-state index contributed by atoms with van der Waals surface area (Å²) in [4.78, 5) is 11.8. The third kappa shape index (κ3) is 3.79. The Morgan fingerprint density at radius 2 is 2.10 bits per heavy atom. The van der Waals surface area contributed by atoms with Crippen molar-refractivity contribution in [1.29, 1.82) is 0 Å². The summed E-state index contributed by atoms with van der Waals surface area (Å²) in [6.45, 7) is 5.60.